The lowest BCUT2D eigenvalue weighted by molar-refractivity contribution is -0.130. The summed E-state index contributed by atoms with van der Waals surface area (Å²) in [5.74, 6) is 0.834. The molecular weight excluding hydrogens is 366 g/mol. The summed E-state index contributed by atoms with van der Waals surface area (Å²) in [6, 6.07) is 8.22. The molecule has 7 heteroatoms. The number of aryl methyl sites for hydroxylation is 1. The highest BCUT2D eigenvalue weighted by Crippen LogP contribution is 2.36. The maximum absolute atomic E-state index is 11.8. The normalized spacial score (nSPS) is 14.3. The van der Waals surface area contributed by atoms with E-state index in [4.69, 9.17) is 9.72 Å². The predicted molar refractivity (Wildman–Crippen MR) is 111 cm³/mol. The molecule has 1 aromatic carbocycles. The molecule has 0 aliphatic carbocycles. The Balaban J connectivity index is 1.59. The number of carbonyl (C=O) groups is 1. The van der Waals surface area contributed by atoms with E-state index >= 15 is 0 Å². The number of amides is 1. The maximum atomic E-state index is 11.8. The van der Waals surface area contributed by atoms with Crippen LogP contribution in [0.4, 0.5) is 0 Å². The van der Waals surface area contributed by atoms with Crippen LogP contribution in [-0.4, -0.2) is 50.6 Å². The Hall–Kier alpha value is -3.61. The van der Waals surface area contributed by atoms with Crippen molar-refractivity contribution in [2.75, 3.05) is 20.2 Å². The van der Waals surface area contributed by atoms with Gasteiger partial charge in [0, 0.05) is 30.6 Å². The maximum Gasteiger partial charge on any atom is 0.245 e. The number of hydrogen-bond acceptors (Lipinski definition) is 4. The second kappa shape index (κ2) is 6.48. The Kier molecular flexibility index (Phi) is 3.91. The van der Waals surface area contributed by atoms with Crippen LogP contribution in [0.1, 0.15) is 17.2 Å². The van der Waals surface area contributed by atoms with Gasteiger partial charge in [0.2, 0.25) is 11.8 Å². The molecule has 0 unspecified atom stereocenters. The van der Waals surface area contributed by atoms with Gasteiger partial charge in [0.1, 0.15) is 11.3 Å². The van der Waals surface area contributed by atoms with E-state index in [9.17, 15) is 4.79 Å². The van der Waals surface area contributed by atoms with Gasteiger partial charge in [0.15, 0.2) is 0 Å². The van der Waals surface area contributed by atoms with Crippen LogP contribution in [-0.2, 0) is 4.79 Å². The van der Waals surface area contributed by atoms with E-state index in [1.807, 2.05) is 22.7 Å². The molecule has 1 fully saturated rings. The number of nitrogens with one attached hydrogen (secondary N) is 1. The highest BCUT2D eigenvalue weighted by molar-refractivity contribution is 5.96. The van der Waals surface area contributed by atoms with Crippen molar-refractivity contribution in [1.29, 1.82) is 0 Å². The molecule has 0 bridgehead atoms. The number of aromatic amines is 1. The summed E-state index contributed by atoms with van der Waals surface area (Å²) in [6.45, 7) is 6.91. The average Bonchev–Trinajstić information content (AvgIpc) is 3.30. The van der Waals surface area contributed by atoms with E-state index in [1.165, 1.54) is 11.6 Å². The van der Waals surface area contributed by atoms with Gasteiger partial charge in [-0.05, 0) is 47.9 Å². The Morgan fingerprint density at radius 2 is 2.14 bits per heavy atom. The van der Waals surface area contributed by atoms with Gasteiger partial charge in [-0.1, -0.05) is 12.6 Å². The largest absolute Gasteiger partial charge is 0.481 e. The summed E-state index contributed by atoms with van der Waals surface area (Å²) in [5.41, 5.74) is 6.10. The number of H-pyrrole nitrogens is 1. The molecule has 1 amide bonds. The SMILES string of the molecule is C=CC(=O)N1CC(c2nc3ccc(-c4c(C)ccc5[nH]ncc45)cn3c2OC)C1. The van der Waals surface area contributed by atoms with E-state index < -0.39 is 0 Å². The van der Waals surface area contributed by atoms with E-state index in [-0.39, 0.29) is 11.8 Å². The molecule has 5 rings (SSSR count). The quantitative estimate of drug-likeness (QED) is 0.545. The first-order valence-electron chi connectivity index (χ1n) is 9.51. The minimum absolute atomic E-state index is 0.0463. The Labute approximate surface area is 167 Å². The molecule has 3 aromatic heterocycles. The van der Waals surface area contributed by atoms with Crippen molar-refractivity contribution in [2.24, 2.45) is 0 Å². The average molecular weight is 387 g/mol. The zero-order valence-electron chi connectivity index (χ0n) is 16.3. The third-order valence-electron chi connectivity index (χ3n) is 5.67. The van der Waals surface area contributed by atoms with Crippen LogP contribution < -0.4 is 4.74 Å². The van der Waals surface area contributed by atoms with Gasteiger partial charge >= 0.3 is 0 Å². The van der Waals surface area contributed by atoms with Crippen LogP contribution in [0, 0.1) is 6.92 Å². The molecular formula is C22H21N5O2. The zero-order chi connectivity index (χ0) is 20.1. The standard InChI is InChI=1S/C22H21N5O2/c1-4-19(28)26-10-15(11-26)21-22(29-3)27-12-14(6-8-18(27)24-21)20-13(2)5-7-17-16(20)9-23-25-17/h4-9,12,15H,1,10-11H2,2-3H3,(H,23,25). The van der Waals surface area contributed by atoms with Gasteiger partial charge in [-0.2, -0.15) is 5.10 Å². The van der Waals surface area contributed by atoms with Gasteiger partial charge in [0.25, 0.3) is 0 Å². The van der Waals surface area contributed by atoms with Crippen molar-refractivity contribution in [3.8, 4) is 17.0 Å². The van der Waals surface area contributed by atoms with Crippen molar-refractivity contribution >= 4 is 22.5 Å². The Bertz CT molecular complexity index is 1260. The molecule has 4 heterocycles. The van der Waals surface area contributed by atoms with Crippen LogP contribution >= 0.6 is 0 Å². The number of methoxy groups -OCH3 is 1. The fourth-order valence-corrected chi connectivity index (χ4v) is 4.13. The number of fused-ring (bicyclic) bond motifs is 2. The van der Waals surface area contributed by atoms with Gasteiger partial charge in [-0.3, -0.25) is 14.3 Å². The first kappa shape index (κ1) is 17.5. The third kappa shape index (κ3) is 2.61. The number of aromatic nitrogens is 4. The summed E-state index contributed by atoms with van der Waals surface area (Å²) in [7, 11) is 1.66. The van der Waals surface area contributed by atoms with Crippen LogP contribution in [0.3, 0.4) is 0 Å². The van der Waals surface area contributed by atoms with Crippen LogP contribution in [0.25, 0.3) is 27.7 Å². The number of rotatable bonds is 4. The second-order valence-corrected chi connectivity index (χ2v) is 7.39. The molecule has 1 aliphatic rings. The molecule has 0 radical (unpaired) electrons. The lowest BCUT2D eigenvalue weighted by Crippen LogP contribution is -2.48. The molecule has 146 valence electrons. The molecule has 4 aromatic rings. The first-order valence-corrected chi connectivity index (χ1v) is 9.51. The molecule has 7 nitrogen and oxygen atoms in total. The fourth-order valence-electron chi connectivity index (χ4n) is 4.13. The Morgan fingerprint density at radius 1 is 1.31 bits per heavy atom. The number of hydrogen-bond donors (Lipinski definition) is 1. The Morgan fingerprint density at radius 3 is 2.90 bits per heavy atom. The van der Waals surface area contributed by atoms with Crippen molar-refractivity contribution in [3.05, 3.63) is 60.6 Å². The van der Waals surface area contributed by atoms with Gasteiger partial charge < -0.3 is 9.64 Å². The molecule has 29 heavy (non-hydrogen) atoms. The van der Waals surface area contributed by atoms with Crippen LogP contribution in [0.5, 0.6) is 5.88 Å². The van der Waals surface area contributed by atoms with Crippen LogP contribution in [0.15, 0.2) is 49.3 Å². The summed E-state index contributed by atoms with van der Waals surface area (Å²) in [6.07, 6.45) is 5.27. The second-order valence-electron chi connectivity index (χ2n) is 7.39. The topological polar surface area (TPSA) is 75.5 Å². The summed E-state index contributed by atoms with van der Waals surface area (Å²) in [5, 5.41) is 8.31. The number of benzene rings is 1. The molecule has 0 saturated carbocycles. The first-order chi connectivity index (χ1) is 14.1. The van der Waals surface area contributed by atoms with E-state index in [2.05, 4.69) is 42.0 Å². The number of imidazole rings is 1. The molecule has 0 spiro atoms. The number of ether oxygens (including phenoxy) is 1. The number of likely N-dealkylation sites (tertiary alicyclic amines) is 1. The monoisotopic (exact) mass is 387 g/mol. The lowest BCUT2D eigenvalue weighted by Gasteiger charge is -2.37. The fraction of sp³-hybridized carbons (Fsp3) is 0.227. The van der Waals surface area contributed by atoms with Gasteiger partial charge in [-0.25, -0.2) is 4.98 Å². The van der Waals surface area contributed by atoms with E-state index in [0.717, 1.165) is 39.3 Å². The molecule has 1 N–H and O–H groups in total. The highest BCUT2D eigenvalue weighted by atomic mass is 16.5. The lowest BCUT2D eigenvalue weighted by atomic mass is 9.96. The van der Waals surface area contributed by atoms with Crippen molar-refractivity contribution < 1.29 is 9.53 Å². The minimum Gasteiger partial charge on any atom is -0.481 e. The molecule has 0 atom stereocenters. The van der Waals surface area contributed by atoms with Crippen molar-refractivity contribution in [1.82, 2.24) is 24.5 Å². The van der Waals surface area contributed by atoms with Gasteiger partial charge in [-0.15, -0.1) is 0 Å². The van der Waals surface area contributed by atoms with E-state index in [1.54, 1.807) is 12.0 Å². The number of carbonyl (C=O) groups excluding carboxylic acids is 1. The molecule has 1 saturated heterocycles. The van der Waals surface area contributed by atoms with Crippen LogP contribution in [0.2, 0.25) is 0 Å². The smallest absolute Gasteiger partial charge is 0.245 e. The number of pyridine rings is 1. The predicted octanol–water partition coefficient (Wildman–Crippen LogP) is 3.31. The number of nitrogens with zero attached hydrogens (tertiary/aromatic N) is 4. The highest BCUT2D eigenvalue weighted by Gasteiger charge is 2.35. The van der Waals surface area contributed by atoms with Gasteiger partial charge in [0.05, 0.1) is 18.8 Å². The molecule has 1 aliphatic heterocycles. The minimum atomic E-state index is -0.0463. The summed E-state index contributed by atoms with van der Waals surface area (Å²) >= 11 is 0. The summed E-state index contributed by atoms with van der Waals surface area (Å²) < 4.78 is 7.72. The third-order valence-corrected chi connectivity index (χ3v) is 5.67. The van der Waals surface area contributed by atoms with E-state index in [0.29, 0.717) is 13.1 Å². The van der Waals surface area contributed by atoms with Crippen molar-refractivity contribution in [2.45, 2.75) is 12.8 Å². The van der Waals surface area contributed by atoms with Crippen molar-refractivity contribution in [3.63, 3.8) is 0 Å². The summed E-state index contributed by atoms with van der Waals surface area (Å²) in [4.78, 5) is 18.3. The zero-order valence-corrected chi connectivity index (χ0v) is 16.3.